The van der Waals surface area contributed by atoms with E-state index in [1.54, 1.807) is 0 Å². The van der Waals surface area contributed by atoms with E-state index in [9.17, 15) is 0 Å². The van der Waals surface area contributed by atoms with Crippen molar-refractivity contribution in [2.24, 2.45) is 0 Å². The molecule has 0 heterocycles. The Kier molecular flexibility index (Phi) is 4.13. The lowest BCUT2D eigenvalue weighted by atomic mass is 10.0. The molecule has 0 nitrogen and oxygen atoms in total. The third-order valence-corrected chi connectivity index (χ3v) is 3.46. The van der Waals surface area contributed by atoms with E-state index in [0.717, 1.165) is 21.7 Å². The van der Waals surface area contributed by atoms with Crippen molar-refractivity contribution < 1.29 is 0 Å². The summed E-state index contributed by atoms with van der Waals surface area (Å²) in [6.45, 7) is 0. The molecule has 0 atom stereocenters. The fourth-order valence-electron chi connectivity index (χ4n) is 1.61. The Labute approximate surface area is 112 Å². The molecule has 0 unspecified atom stereocenters. The Hall–Kier alpha value is -1.38. The first-order chi connectivity index (χ1) is 8.27. The molecule has 2 rings (SSSR count). The summed E-state index contributed by atoms with van der Waals surface area (Å²) < 4.78 is 0. The fourth-order valence-corrected chi connectivity index (χ4v) is 2.10. The summed E-state index contributed by atoms with van der Waals surface area (Å²) in [5, 5.41) is 0. The summed E-state index contributed by atoms with van der Waals surface area (Å²) in [6.07, 6.45) is 0.740. The minimum atomic E-state index is 0.740. The molecule has 0 spiro atoms. The number of benzene rings is 2. The van der Waals surface area contributed by atoms with Crippen LogP contribution in [0.1, 0.15) is 11.1 Å². The van der Waals surface area contributed by atoms with Crippen molar-refractivity contribution in [1.82, 2.24) is 0 Å². The third kappa shape index (κ3) is 3.29. The highest BCUT2D eigenvalue weighted by molar-refractivity contribution is 7.89. The minimum absolute atomic E-state index is 0.740. The maximum Gasteiger partial charge on any atom is 0.0592 e. The zero-order valence-corrected chi connectivity index (χ0v) is 10.9. The molecule has 2 aromatic carbocycles. The molecular formula is C15H12S2. The standard InChI is InChI=1S/C15H12S2/c16-14(11-12-7-3-1-4-8-12)15(17)13-9-5-2-6-10-13/h1-10H,11H2. The Balaban J connectivity index is 2.09. The molecule has 0 radical (unpaired) electrons. The second kappa shape index (κ2) is 5.80. The Morgan fingerprint density at radius 1 is 0.765 bits per heavy atom. The van der Waals surface area contributed by atoms with Crippen LogP contribution in [0.5, 0.6) is 0 Å². The van der Waals surface area contributed by atoms with Gasteiger partial charge in [-0.3, -0.25) is 0 Å². The van der Waals surface area contributed by atoms with Crippen LogP contribution in [-0.4, -0.2) is 9.73 Å². The molecule has 0 aromatic heterocycles. The monoisotopic (exact) mass is 256 g/mol. The van der Waals surface area contributed by atoms with E-state index in [2.05, 4.69) is 12.1 Å². The second-order valence-electron chi connectivity index (χ2n) is 3.78. The lowest BCUT2D eigenvalue weighted by molar-refractivity contribution is 1.37. The van der Waals surface area contributed by atoms with Crippen LogP contribution in [-0.2, 0) is 6.42 Å². The van der Waals surface area contributed by atoms with E-state index in [1.165, 1.54) is 5.56 Å². The van der Waals surface area contributed by atoms with Crippen LogP contribution in [0.25, 0.3) is 0 Å². The smallest absolute Gasteiger partial charge is 0.0592 e. The summed E-state index contributed by atoms with van der Waals surface area (Å²) in [5.74, 6) is 0. The molecule has 0 bridgehead atoms. The molecule has 0 saturated carbocycles. The van der Waals surface area contributed by atoms with E-state index in [0.29, 0.717) is 0 Å². The number of hydrogen-bond acceptors (Lipinski definition) is 2. The van der Waals surface area contributed by atoms with Crippen molar-refractivity contribution >= 4 is 34.2 Å². The van der Waals surface area contributed by atoms with Gasteiger partial charge in [0.15, 0.2) is 0 Å². The molecule has 17 heavy (non-hydrogen) atoms. The fraction of sp³-hybridized carbons (Fsp3) is 0.0667. The molecule has 0 aliphatic heterocycles. The van der Waals surface area contributed by atoms with Gasteiger partial charge in [0.05, 0.1) is 4.86 Å². The lowest BCUT2D eigenvalue weighted by Gasteiger charge is -2.06. The predicted octanol–water partition coefficient (Wildman–Crippen LogP) is 4.02. The number of hydrogen-bond donors (Lipinski definition) is 0. The van der Waals surface area contributed by atoms with Gasteiger partial charge in [-0.25, -0.2) is 0 Å². The highest BCUT2D eigenvalue weighted by Gasteiger charge is 2.07. The second-order valence-corrected chi connectivity index (χ2v) is 4.68. The van der Waals surface area contributed by atoms with Crippen molar-refractivity contribution in [2.75, 3.05) is 0 Å². The van der Waals surface area contributed by atoms with Crippen molar-refractivity contribution in [2.45, 2.75) is 6.42 Å². The third-order valence-electron chi connectivity index (χ3n) is 2.50. The van der Waals surface area contributed by atoms with Crippen LogP contribution in [0.3, 0.4) is 0 Å². The van der Waals surface area contributed by atoms with Crippen LogP contribution in [0.15, 0.2) is 60.7 Å². The van der Waals surface area contributed by atoms with E-state index in [4.69, 9.17) is 24.4 Å². The van der Waals surface area contributed by atoms with Gasteiger partial charge in [0.2, 0.25) is 0 Å². The van der Waals surface area contributed by atoms with Gasteiger partial charge in [-0.05, 0) is 11.1 Å². The average molecular weight is 256 g/mol. The van der Waals surface area contributed by atoms with Crippen LogP contribution < -0.4 is 0 Å². The van der Waals surface area contributed by atoms with Gasteiger partial charge >= 0.3 is 0 Å². The van der Waals surface area contributed by atoms with Gasteiger partial charge < -0.3 is 0 Å². The van der Waals surface area contributed by atoms with Crippen molar-refractivity contribution in [3.8, 4) is 0 Å². The maximum absolute atomic E-state index is 5.40. The van der Waals surface area contributed by atoms with Gasteiger partial charge in [0.1, 0.15) is 0 Å². The van der Waals surface area contributed by atoms with Gasteiger partial charge in [-0.15, -0.1) is 0 Å². The van der Waals surface area contributed by atoms with Gasteiger partial charge in [-0.1, -0.05) is 85.1 Å². The average Bonchev–Trinajstić information content (AvgIpc) is 2.40. The highest BCUT2D eigenvalue weighted by Crippen LogP contribution is 2.08. The summed E-state index contributed by atoms with van der Waals surface area (Å²) in [5.41, 5.74) is 2.24. The quantitative estimate of drug-likeness (QED) is 0.598. The topological polar surface area (TPSA) is 0 Å². The predicted molar refractivity (Wildman–Crippen MR) is 80.9 cm³/mol. The minimum Gasteiger partial charge on any atom is -0.0830 e. The van der Waals surface area contributed by atoms with Gasteiger partial charge in [-0.2, -0.15) is 0 Å². The number of rotatable bonds is 4. The molecule has 0 fully saturated rings. The van der Waals surface area contributed by atoms with Crippen molar-refractivity contribution in [1.29, 1.82) is 0 Å². The molecule has 0 saturated heterocycles. The Bertz CT molecular complexity index is 515. The summed E-state index contributed by atoms with van der Waals surface area (Å²) in [6, 6.07) is 20.1. The van der Waals surface area contributed by atoms with Crippen molar-refractivity contribution in [3.63, 3.8) is 0 Å². The van der Waals surface area contributed by atoms with Gasteiger partial charge in [0.25, 0.3) is 0 Å². The summed E-state index contributed by atoms with van der Waals surface area (Å²) in [7, 11) is 0. The summed E-state index contributed by atoms with van der Waals surface area (Å²) >= 11 is 10.8. The first-order valence-electron chi connectivity index (χ1n) is 5.44. The summed E-state index contributed by atoms with van der Waals surface area (Å²) in [4.78, 5) is 1.61. The SMILES string of the molecule is S=C(Cc1ccccc1)C(=S)c1ccccc1. The highest BCUT2D eigenvalue weighted by atomic mass is 32.1. The Morgan fingerprint density at radius 2 is 1.29 bits per heavy atom. The molecule has 0 aliphatic rings. The molecular weight excluding hydrogens is 244 g/mol. The maximum atomic E-state index is 5.40. The normalized spacial score (nSPS) is 9.88. The zero-order valence-electron chi connectivity index (χ0n) is 9.30. The van der Waals surface area contributed by atoms with Crippen LogP contribution in [0, 0.1) is 0 Å². The lowest BCUT2D eigenvalue weighted by Crippen LogP contribution is -2.13. The van der Waals surface area contributed by atoms with E-state index in [-0.39, 0.29) is 0 Å². The van der Waals surface area contributed by atoms with E-state index in [1.807, 2.05) is 48.5 Å². The van der Waals surface area contributed by atoms with E-state index < -0.39 is 0 Å². The largest absolute Gasteiger partial charge is 0.0830 e. The zero-order chi connectivity index (χ0) is 12.1. The molecule has 0 amide bonds. The number of thiocarbonyl (C=S) groups is 2. The van der Waals surface area contributed by atoms with Crippen LogP contribution >= 0.6 is 24.4 Å². The van der Waals surface area contributed by atoms with Crippen LogP contribution in [0.2, 0.25) is 0 Å². The first kappa shape index (κ1) is 12.1. The van der Waals surface area contributed by atoms with Crippen molar-refractivity contribution in [3.05, 3.63) is 71.8 Å². The molecule has 0 aliphatic carbocycles. The Morgan fingerprint density at radius 3 is 1.88 bits per heavy atom. The molecule has 84 valence electrons. The molecule has 0 N–H and O–H groups in total. The van der Waals surface area contributed by atoms with Crippen LogP contribution in [0.4, 0.5) is 0 Å². The first-order valence-corrected chi connectivity index (χ1v) is 6.25. The molecule has 2 heteroatoms. The molecule has 2 aromatic rings. The van der Waals surface area contributed by atoms with Gasteiger partial charge in [0, 0.05) is 11.3 Å². The van der Waals surface area contributed by atoms with E-state index >= 15 is 0 Å².